The average molecular weight is 312 g/mol. The van der Waals surface area contributed by atoms with Crippen LogP contribution in [0, 0.1) is 0 Å². The highest BCUT2D eigenvalue weighted by Gasteiger charge is 2.21. The van der Waals surface area contributed by atoms with Crippen molar-refractivity contribution < 1.29 is 13.2 Å². The van der Waals surface area contributed by atoms with Gasteiger partial charge in [0.1, 0.15) is 5.75 Å². The Balaban J connectivity index is 2.54. The minimum Gasteiger partial charge on any atom is -0.497 e. The third-order valence-corrected chi connectivity index (χ3v) is 4.93. The van der Waals surface area contributed by atoms with E-state index in [0.29, 0.717) is 16.5 Å². The second kappa shape index (κ2) is 5.73. The molecule has 0 radical (unpaired) electrons. The Morgan fingerprint density at radius 1 is 1.10 bits per heavy atom. The summed E-state index contributed by atoms with van der Waals surface area (Å²) in [4.78, 5) is 0.395. The summed E-state index contributed by atoms with van der Waals surface area (Å²) in [5.41, 5.74) is 0.466. The van der Waals surface area contributed by atoms with Gasteiger partial charge in [-0.05, 0) is 42.5 Å². The maximum absolute atomic E-state index is 12.6. The van der Waals surface area contributed by atoms with Gasteiger partial charge in [-0.3, -0.25) is 0 Å². The zero-order valence-electron chi connectivity index (χ0n) is 11.1. The Morgan fingerprint density at radius 2 is 1.75 bits per heavy atom. The Hall–Kier alpha value is -1.72. The summed E-state index contributed by atoms with van der Waals surface area (Å²) in [7, 11) is -0.419. The molecule has 1 N–H and O–H groups in total. The number of methoxy groups -OCH3 is 1. The van der Waals surface area contributed by atoms with Crippen molar-refractivity contribution in [1.29, 1.82) is 0 Å². The molecule has 0 saturated heterocycles. The number of benzene rings is 2. The highest BCUT2D eigenvalue weighted by molar-refractivity contribution is 7.91. The molecule has 6 heteroatoms. The van der Waals surface area contributed by atoms with Crippen LogP contribution in [0.1, 0.15) is 0 Å². The lowest BCUT2D eigenvalue weighted by atomic mass is 10.3. The summed E-state index contributed by atoms with van der Waals surface area (Å²) < 4.78 is 30.2. The molecule has 4 nitrogen and oxygen atoms in total. The van der Waals surface area contributed by atoms with E-state index in [1.165, 1.54) is 25.3 Å². The van der Waals surface area contributed by atoms with Gasteiger partial charge in [-0.2, -0.15) is 0 Å². The van der Waals surface area contributed by atoms with Gasteiger partial charge < -0.3 is 10.1 Å². The van der Waals surface area contributed by atoms with Crippen molar-refractivity contribution >= 4 is 27.1 Å². The maximum atomic E-state index is 12.6. The third kappa shape index (κ3) is 2.73. The standard InChI is InChI=1S/C14H14ClNO3S/c1-16-13-9-10(15)3-8-14(13)20(17,18)12-6-4-11(19-2)5-7-12/h3-9,16H,1-2H3. The van der Waals surface area contributed by atoms with Crippen LogP contribution in [-0.2, 0) is 9.84 Å². The first-order valence-corrected chi connectivity index (χ1v) is 7.71. The number of hydrogen-bond acceptors (Lipinski definition) is 4. The molecule has 2 aromatic carbocycles. The van der Waals surface area contributed by atoms with Crippen molar-refractivity contribution in [3.05, 3.63) is 47.5 Å². The minimum absolute atomic E-state index is 0.189. The van der Waals surface area contributed by atoms with Crippen LogP contribution in [0.15, 0.2) is 52.3 Å². The predicted octanol–water partition coefficient (Wildman–Crippen LogP) is 3.22. The molecule has 20 heavy (non-hydrogen) atoms. The summed E-state index contributed by atoms with van der Waals surface area (Å²) >= 11 is 5.88. The largest absolute Gasteiger partial charge is 0.497 e. The molecule has 106 valence electrons. The summed E-state index contributed by atoms with van der Waals surface area (Å²) in [5, 5.41) is 3.32. The van der Waals surface area contributed by atoms with Gasteiger partial charge in [0.2, 0.25) is 9.84 Å². The number of nitrogens with one attached hydrogen (secondary N) is 1. The molecule has 0 aliphatic carbocycles. The van der Waals surface area contributed by atoms with Gasteiger partial charge in [0.15, 0.2) is 0 Å². The van der Waals surface area contributed by atoms with E-state index in [4.69, 9.17) is 16.3 Å². The number of ether oxygens (including phenoxy) is 1. The van der Waals surface area contributed by atoms with E-state index >= 15 is 0 Å². The first-order valence-electron chi connectivity index (χ1n) is 5.85. The fourth-order valence-electron chi connectivity index (χ4n) is 1.81. The van der Waals surface area contributed by atoms with Crippen LogP contribution in [0.25, 0.3) is 0 Å². The average Bonchev–Trinajstić information content (AvgIpc) is 2.46. The summed E-state index contributed by atoms with van der Waals surface area (Å²) in [5.74, 6) is 0.605. The highest BCUT2D eigenvalue weighted by atomic mass is 35.5. The van der Waals surface area contributed by atoms with Crippen molar-refractivity contribution in [3.8, 4) is 5.75 Å². The van der Waals surface area contributed by atoms with E-state index < -0.39 is 9.84 Å². The molecule has 0 saturated carbocycles. The highest BCUT2D eigenvalue weighted by Crippen LogP contribution is 2.30. The molecule has 0 atom stereocenters. The van der Waals surface area contributed by atoms with Crippen LogP contribution in [0.5, 0.6) is 5.75 Å². The van der Waals surface area contributed by atoms with Gasteiger partial charge in [0, 0.05) is 12.1 Å². The lowest BCUT2D eigenvalue weighted by Gasteiger charge is -2.11. The van der Waals surface area contributed by atoms with E-state index in [1.807, 2.05) is 0 Å². The maximum Gasteiger partial charge on any atom is 0.208 e. The predicted molar refractivity (Wildman–Crippen MR) is 79.4 cm³/mol. The fourth-order valence-corrected chi connectivity index (χ4v) is 3.43. The van der Waals surface area contributed by atoms with Crippen LogP contribution >= 0.6 is 11.6 Å². The molecule has 0 heterocycles. The zero-order chi connectivity index (χ0) is 14.8. The van der Waals surface area contributed by atoms with Crippen molar-refractivity contribution in [3.63, 3.8) is 0 Å². The first kappa shape index (κ1) is 14.7. The van der Waals surface area contributed by atoms with Crippen molar-refractivity contribution in [2.45, 2.75) is 9.79 Å². The molecular formula is C14H14ClNO3S. The number of anilines is 1. The van der Waals surface area contributed by atoms with Gasteiger partial charge in [-0.1, -0.05) is 11.6 Å². The van der Waals surface area contributed by atoms with E-state index in [2.05, 4.69) is 5.32 Å². The summed E-state index contributed by atoms with van der Waals surface area (Å²) in [6, 6.07) is 10.9. The number of rotatable bonds is 4. The molecule has 0 aromatic heterocycles. The monoisotopic (exact) mass is 311 g/mol. The van der Waals surface area contributed by atoms with E-state index in [0.717, 1.165) is 0 Å². The lowest BCUT2D eigenvalue weighted by Crippen LogP contribution is -2.05. The zero-order valence-corrected chi connectivity index (χ0v) is 12.6. The summed E-state index contributed by atoms with van der Waals surface area (Å²) in [6.45, 7) is 0. The number of hydrogen-bond donors (Lipinski definition) is 1. The van der Waals surface area contributed by atoms with Crippen LogP contribution in [0.3, 0.4) is 0 Å². The van der Waals surface area contributed by atoms with Crippen molar-refractivity contribution in [2.75, 3.05) is 19.5 Å². The van der Waals surface area contributed by atoms with Crippen LogP contribution in [0.4, 0.5) is 5.69 Å². The topological polar surface area (TPSA) is 55.4 Å². The Kier molecular flexibility index (Phi) is 4.20. The van der Waals surface area contributed by atoms with Crippen LogP contribution in [-0.4, -0.2) is 22.6 Å². The van der Waals surface area contributed by atoms with Crippen LogP contribution < -0.4 is 10.1 Å². The second-order valence-electron chi connectivity index (χ2n) is 4.07. The van der Waals surface area contributed by atoms with Crippen molar-refractivity contribution in [2.24, 2.45) is 0 Å². The lowest BCUT2D eigenvalue weighted by molar-refractivity contribution is 0.414. The molecule has 2 aromatic rings. The van der Waals surface area contributed by atoms with Gasteiger partial charge in [0.05, 0.1) is 22.6 Å². The van der Waals surface area contributed by atoms with Crippen molar-refractivity contribution in [1.82, 2.24) is 0 Å². The quantitative estimate of drug-likeness (QED) is 0.942. The Bertz CT molecular complexity index is 712. The smallest absolute Gasteiger partial charge is 0.208 e. The molecular weight excluding hydrogens is 298 g/mol. The Labute approximate surface area is 123 Å². The number of halogens is 1. The molecule has 2 rings (SSSR count). The van der Waals surface area contributed by atoms with Gasteiger partial charge in [0.25, 0.3) is 0 Å². The Morgan fingerprint density at radius 3 is 2.30 bits per heavy atom. The molecule has 0 spiro atoms. The third-order valence-electron chi connectivity index (χ3n) is 2.87. The molecule has 0 amide bonds. The van der Waals surface area contributed by atoms with E-state index in [1.54, 1.807) is 31.3 Å². The summed E-state index contributed by atoms with van der Waals surface area (Å²) in [6.07, 6.45) is 0. The first-order chi connectivity index (χ1) is 9.48. The minimum atomic E-state index is -3.60. The molecule has 0 aliphatic heterocycles. The molecule has 0 aliphatic rings. The SMILES string of the molecule is CNc1cc(Cl)ccc1S(=O)(=O)c1ccc(OC)cc1. The van der Waals surface area contributed by atoms with Crippen LogP contribution in [0.2, 0.25) is 5.02 Å². The molecule has 0 bridgehead atoms. The van der Waals surface area contributed by atoms with Gasteiger partial charge >= 0.3 is 0 Å². The fraction of sp³-hybridized carbons (Fsp3) is 0.143. The number of sulfone groups is 1. The van der Waals surface area contributed by atoms with E-state index in [-0.39, 0.29) is 9.79 Å². The molecule has 0 fully saturated rings. The normalized spacial score (nSPS) is 11.2. The van der Waals surface area contributed by atoms with Gasteiger partial charge in [-0.25, -0.2) is 8.42 Å². The molecule has 0 unspecified atom stereocenters. The van der Waals surface area contributed by atoms with Gasteiger partial charge in [-0.15, -0.1) is 0 Å². The van der Waals surface area contributed by atoms with E-state index in [9.17, 15) is 8.42 Å². The second-order valence-corrected chi connectivity index (χ2v) is 6.42.